The Kier molecular flexibility index (Phi) is 4.14. The molecule has 2 heterocycles. The third kappa shape index (κ3) is 2.97. The summed E-state index contributed by atoms with van der Waals surface area (Å²) < 4.78 is 0. The molecule has 1 aromatic heterocycles. The van der Waals surface area contributed by atoms with Gasteiger partial charge in [0, 0.05) is 12.7 Å². The molecule has 1 amide bonds. The van der Waals surface area contributed by atoms with Gasteiger partial charge in [-0.1, -0.05) is 11.6 Å². The van der Waals surface area contributed by atoms with Gasteiger partial charge in [0.2, 0.25) is 5.91 Å². The average Bonchev–Trinajstić information content (AvgIpc) is 2.74. The molecule has 0 spiro atoms. The van der Waals surface area contributed by atoms with E-state index in [0.717, 1.165) is 25.1 Å². The number of hydrogen-bond acceptors (Lipinski definition) is 4. The van der Waals surface area contributed by atoms with Crippen molar-refractivity contribution in [3.8, 4) is 0 Å². The van der Waals surface area contributed by atoms with Crippen molar-refractivity contribution >= 4 is 17.5 Å². The Morgan fingerprint density at radius 2 is 2.39 bits per heavy atom. The highest BCUT2D eigenvalue weighted by atomic mass is 35.5. The fourth-order valence-electron chi connectivity index (χ4n) is 2.32. The molecule has 98 valence electrons. The summed E-state index contributed by atoms with van der Waals surface area (Å²) in [5, 5.41) is 3.15. The number of nitrogens with zero attached hydrogens (tertiary/aromatic N) is 3. The smallest absolute Gasteiger partial charge is 0.237 e. The first-order valence-corrected chi connectivity index (χ1v) is 6.43. The second-order valence-electron chi connectivity index (χ2n) is 4.49. The number of likely N-dealkylation sites (tertiary alicyclic amines) is 1. The van der Waals surface area contributed by atoms with Crippen LogP contribution in [-0.2, 0) is 11.3 Å². The molecule has 18 heavy (non-hydrogen) atoms. The van der Waals surface area contributed by atoms with E-state index in [4.69, 9.17) is 11.6 Å². The van der Waals surface area contributed by atoms with Crippen molar-refractivity contribution in [2.75, 3.05) is 13.6 Å². The van der Waals surface area contributed by atoms with Crippen LogP contribution < -0.4 is 5.32 Å². The Morgan fingerprint density at radius 3 is 3.06 bits per heavy atom. The summed E-state index contributed by atoms with van der Waals surface area (Å²) in [7, 11) is 1.67. The highest BCUT2D eigenvalue weighted by molar-refractivity contribution is 6.29. The first-order chi connectivity index (χ1) is 8.60. The molecule has 1 atom stereocenters. The quantitative estimate of drug-likeness (QED) is 0.836. The molecule has 1 aliphatic heterocycles. The highest BCUT2D eigenvalue weighted by Gasteiger charge is 2.30. The molecule has 1 saturated heterocycles. The van der Waals surface area contributed by atoms with Crippen molar-refractivity contribution in [2.24, 2.45) is 0 Å². The van der Waals surface area contributed by atoms with E-state index in [0.29, 0.717) is 17.5 Å². The normalized spacial score (nSPS) is 20.1. The van der Waals surface area contributed by atoms with Crippen LogP contribution in [0, 0.1) is 6.92 Å². The summed E-state index contributed by atoms with van der Waals surface area (Å²) in [5.74, 6) is 0.738. The van der Waals surface area contributed by atoms with Crippen LogP contribution in [-0.4, -0.2) is 40.4 Å². The predicted molar refractivity (Wildman–Crippen MR) is 69.3 cm³/mol. The number of carbonyl (C=O) groups excluding carboxylic acids is 1. The van der Waals surface area contributed by atoms with Crippen molar-refractivity contribution < 1.29 is 4.79 Å². The van der Waals surface area contributed by atoms with Gasteiger partial charge in [0.15, 0.2) is 0 Å². The molecule has 1 fully saturated rings. The van der Waals surface area contributed by atoms with Crippen molar-refractivity contribution in [3.05, 3.63) is 22.7 Å². The summed E-state index contributed by atoms with van der Waals surface area (Å²) >= 11 is 5.91. The molecule has 1 unspecified atom stereocenters. The number of aryl methyl sites for hydroxylation is 1. The van der Waals surface area contributed by atoms with E-state index in [1.165, 1.54) is 0 Å². The summed E-state index contributed by atoms with van der Waals surface area (Å²) in [6.07, 6.45) is 1.91. The van der Waals surface area contributed by atoms with Gasteiger partial charge in [-0.25, -0.2) is 9.97 Å². The zero-order chi connectivity index (χ0) is 13.1. The summed E-state index contributed by atoms with van der Waals surface area (Å²) in [4.78, 5) is 22.4. The fraction of sp³-hybridized carbons (Fsp3) is 0.583. The van der Waals surface area contributed by atoms with E-state index in [1.54, 1.807) is 13.1 Å². The van der Waals surface area contributed by atoms with Crippen LogP contribution in [0.2, 0.25) is 5.15 Å². The van der Waals surface area contributed by atoms with Crippen LogP contribution in [0.15, 0.2) is 6.07 Å². The zero-order valence-corrected chi connectivity index (χ0v) is 11.4. The van der Waals surface area contributed by atoms with Crippen molar-refractivity contribution in [3.63, 3.8) is 0 Å². The van der Waals surface area contributed by atoms with Crippen molar-refractivity contribution in [2.45, 2.75) is 32.4 Å². The van der Waals surface area contributed by atoms with E-state index in [9.17, 15) is 4.79 Å². The maximum Gasteiger partial charge on any atom is 0.237 e. The minimum atomic E-state index is -0.0714. The largest absolute Gasteiger partial charge is 0.358 e. The minimum absolute atomic E-state index is 0.0613. The first kappa shape index (κ1) is 13.2. The van der Waals surface area contributed by atoms with Gasteiger partial charge in [0.25, 0.3) is 0 Å². The van der Waals surface area contributed by atoms with Gasteiger partial charge in [-0.15, -0.1) is 0 Å². The molecule has 1 aliphatic rings. The van der Waals surface area contributed by atoms with Crippen LogP contribution >= 0.6 is 11.6 Å². The van der Waals surface area contributed by atoms with E-state index >= 15 is 0 Å². The number of hydrogen-bond donors (Lipinski definition) is 1. The Hall–Kier alpha value is -1.20. The number of aromatic nitrogens is 2. The number of carbonyl (C=O) groups is 1. The SMILES string of the molecule is CNC(=O)C1CCCN1Cc1nc(C)cc(Cl)n1. The number of nitrogens with one attached hydrogen (secondary N) is 1. The van der Waals surface area contributed by atoms with E-state index in [-0.39, 0.29) is 11.9 Å². The number of amides is 1. The topological polar surface area (TPSA) is 58.1 Å². The molecule has 0 radical (unpaired) electrons. The summed E-state index contributed by atoms with van der Waals surface area (Å²) in [6, 6.07) is 1.66. The first-order valence-electron chi connectivity index (χ1n) is 6.06. The summed E-state index contributed by atoms with van der Waals surface area (Å²) in [6.45, 7) is 3.35. The van der Waals surface area contributed by atoms with Crippen molar-refractivity contribution in [1.82, 2.24) is 20.2 Å². The van der Waals surface area contributed by atoms with Crippen LogP contribution in [0.5, 0.6) is 0 Å². The summed E-state index contributed by atoms with van der Waals surface area (Å²) in [5.41, 5.74) is 0.848. The maximum absolute atomic E-state index is 11.7. The third-order valence-electron chi connectivity index (χ3n) is 3.13. The maximum atomic E-state index is 11.7. The Labute approximate surface area is 112 Å². The molecule has 0 bridgehead atoms. The lowest BCUT2D eigenvalue weighted by atomic mass is 10.2. The van der Waals surface area contributed by atoms with Gasteiger partial charge < -0.3 is 5.32 Å². The molecule has 1 aromatic rings. The van der Waals surface area contributed by atoms with E-state index in [1.807, 2.05) is 6.92 Å². The van der Waals surface area contributed by atoms with E-state index < -0.39 is 0 Å². The van der Waals surface area contributed by atoms with Gasteiger partial charge >= 0.3 is 0 Å². The number of halogens is 1. The third-order valence-corrected chi connectivity index (χ3v) is 3.32. The van der Waals surface area contributed by atoms with E-state index in [2.05, 4.69) is 20.2 Å². The highest BCUT2D eigenvalue weighted by Crippen LogP contribution is 2.19. The predicted octanol–water partition coefficient (Wildman–Crippen LogP) is 1.15. The second kappa shape index (κ2) is 5.63. The van der Waals surface area contributed by atoms with Gasteiger partial charge in [0.05, 0.1) is 12.6 Å². The Morgan fingerprint density at radius 1 is 1.61 bits per heavy atom. The molecule has 0 aliphatic carbocycles. The van der Waals surface area contributed by atoms with Gasteiger partial charge in [-0.05, 0) is 32.4 Å². The van der Waals surface area contributed by atoms with Crippen molar-refractivity contribution in [1.29, 1.82) is 0 Å². The van der Waals surface area contributed by atoms with Gasteiger partial charge in [-0.2, -0.15) is 0 Å². The number of likely N-dealkylation sites (N-methyl/N-ethyl adjacent to an activating group) is 1. The Balaban J connectivity index is 2.10. The number of rotatable bonds is 3. The molecule has 6 heteroatoms. The fourth-order valence-corrected chi connectivity index (χ4v) is 2.58. The molecule has 0 saturated carbocycles. The monoisotopic (exact) mass is 268 g/mol. The van der Waals surface area contributed by atoms with Crippen LogP contribution in [0.25, 0.3) is 0 Å². The molecular formula is C12H17ClN4O. The standard InChI is InChI=1S/C12H17ClN4O/c1-8-6-10(13)16-11(15-8)7-17-5-3-4-9(17)12(18)14-2/h6,9H,3-5,7H2,1-2H3,(H,14,18). The lowest BCUT2D eigenvalue weighted by Crippen LogP contribution is -2.41. The molecule has 0 aromatic carbocycles. The molecule has 2 rings (SSSR count). The second-order valence-corrected chi connectivity index (χ2v) is 4.88. The van der Waals surface area contributed by atoms with Crippen LogP contribution in [0.4, 0.5) is 0 Å². The lowest BCUT2D eigenvalue weighted by Gasteiger charge is -2.22. The van der Waals surface area contributed by atoms with Gasteiger partial charge in [0.1, 0.15) is 11.0 Å². The zero-order valence-electron chi connectivity index (χ0n) is 10.6. The lowest BCUT2D eigenvalue weighted by molar-refractivity contribution is -0.125. The average molecular weight is 269 g/mol. The molecule has 5 nitrogen and oxygen atoms in total. The molecular weight excluding hydrogens is 252 g/mol. The van der Waals surface area contributed by atoms with Crippen LogP contribution in [0.3, 0.4) is 0 Å². The van der Waals surface area contributed by atoms with Gasteiger partial charge in [-0.3, -0.25) is 9.69 Å². The van der Waals surface area contributed by atoms with Crippen LogP contribution in [0.1, 0.15) is 24.4 Å². The molecule has 1 N–H and O–H groups in total. The minimum Gasteiger partial charge on any atom is -0.358 e. The Bertz CT molecular complexity index is 431.